The topological polar surface area (TPSA) is 109 Å². The summed E-state index contributed by atoms with van der Waals surface area (Å²) in [6.07, 6.45) is -4.91. The maximum atomic E-state index is 14.6. The van der Waals surface area contributed by atoms with Crippen LogP contribution in [-0.4, -0.2) is 46.0 Å². The zero-order chi connectivity index (χ0) is 25.0. The second-order valence-corrected chi connectivity index (χ2v) is 8.17. The lowest BCUT2D eigenvalue weighted by Gasteiger charge is -2.17. The van der Waals surface area contributed by atoms with Crippen molar-refractivity contribution >= 4 is 23.5 Å². The number of epoxide rings is 1. The van der Waals surface area contributed by atoms with Crippen LogP contribution in [0.1, 0.15) is 28.9 Å². The average Bonchev–Trinajstić information content (AvgIpc) is 3.65. The smallest absolute Gasteiger partial charge is 0.431 e. The molecular weight excluding hydrogens is 492 g/mol. The Bertz CT molecular complexity index is 1310. The molecule has 1 atom stereocenters. The van der Waals surface area contributed by atoms with E-state index in [2.05, 4.69) is 0 Å². The summed E-state index contributed by atoms with van der Waals surface area (Å²) in [5.41, 5.74) is -7.44. The van der Waals surface area contributed by atoms with Crippen LogP contribution in [0.15, 0.2) is 27.8 Å². The van der Waals surface area contributed by atoms with E-state index in [4.69, 9.17) is 25.8 Å². The number of alkyl halides is 3. The molecule has 0 amide bonds. The fraction of sp³-hybridized carbons (Fsp3) is 0.400. The summed E-state index contributed by atoms with van der Waals surface area (Å²) in [5.74, 6) is -3.24. The predicted molar refractivity (Wildman–Crippen MR) is 105 cm³/mol. The monoisotopic (exact) mass is 506 g/mol. The normalized spacial score (nSPS) is 18.4. The minimum atomic E-state index is -5.02. The van der Waals surface area contributed by atoms with Crippen molar-refractivity contribution in [3.63, 3.8) is 0 Å². The van der Waals surface area contributed by atoms with E-state index in [1.807, 2.05) is 0 Å². The second-order valence-electron chi connectivity index (χ2n) is 7.76. The minimum absolute atomic E-state index is 0.0142. The molecule has 2 aliphatic rings. The lowest BCUT2D eigenvalue weighted by atomic mass is 10.1. The van der Waals surface area contributed by atoms with Crippen LogP contribution in [0.2, 0.25) is 5.02 Å². The molecule has 1 aromatic carbocycles. The van der Waals surface area contributed by atoms with E-state index >= 15 is 0 Å². The van der Waals surface area contributed by atoms with Crippen molar-refractivity contribution in [2.45, 2.75) is 30.7 Å². The number of carbonyl (C=O) groups excluding carboxylic acids is 2. The molecule has 0 N–H and O–H groups in total. The van der Waals surface area contributed by atoms with Gasteiger partial charge in [0.25, 0.3) is 5.56 Å². The van der Waals surface area contributed by atoms with Gasteiger partial charge < -0.3 is 14.2 Å². The summed E-state index contributed by atoms with van der Waals surface area (Å²) in [7, 11) is 0.749. The van der Waals surface area contributed by atoms with Crippen LogP contribution in [0.5, 0.6) is 0 Å². The molecule has 2 heterocycles. The first-order valence-electron chi connectivity index (χ1n) is 9.76. The number of hydrogen-bond acceptors (Lipinski definition) is 7. The molecule has 34 heavy (non-hydrogen) atoms. The Balaban J connectivity index is 1.68. The Labute approximate surface area is 192 Å². The number of benzene rings is 1. The molecular formula is C20H15ClF4N2O7. The average molecular weight is 507 g/mol. The molecule has 1 saturated carbocycles. The molecule has 14 heteroatoms. The first-order valence-corrected chi connectivity index (χ1v) is 10.1. The second kappa shape index (κ2) is 8.24. The van der Waals surface area contributed by atoms with E-state index in [0.29, 0.717) is 18.7 Å². The molecule has 2 aromatic rings. The van der Waals surface area contributed by atoms with E-state index in [1.165, 1.54) is 0 Å². The van der Waals surface area contributed by atoms with Gasteiger partial charge in [-0.2, -0.15) is 13.2 Å². The van der Waals surface area contributed by atoms with Crippen molar-refractivity contribution in [3.05, 3.63) is 61.1 Å². The summed E-state index contributed by atoms with van der Waals surface area (Å²) in [5, 5.41) is -0.474. The van der Waals surface area contributed by atoms with Gasteiger partial charge in [0, 0.05) is 26.0 Å². The van der Waals surface area contributed by atoms with E-state index in [9.17, 15) is 36.7 Å². The van der Waals surface area contributed by atoms with Crippen molar-refractivity contribution in [2.75, 3.05) is 13.2 Å². The molecule has 0 bridgehead atoms. The molecule has 1 saturated heterocycles. The molecule has 4 rings (SSSR count). The van der Waals surface area contributed by atoms with Crippen LogP contribution in [0.3, 0.4) is 0 Å². The number of esters is 2. The van der Waals surface area contributed by atoms with Gasteiger partial charge in [0.15, 0.2) is 0 Å². The Morgan fingerprint density at radius 3 is 2.44 bits per heavy atom. The molecule has 2 fully saturated rings. The number of carbonyl (C=O) groups is 2. The van der Waals surface area contributed by atoms with E-state index < -0.39 is 62.7 Å². The Hall–Kier alpha value is -3.19. The number of aromatic nitrogens is 2. The molecule has 0 radical (unpaired) electrons. The van der Waals surface area contributed by atoms with Crippen molar-refractivity contribution in [2.24, 2.45) is 7.05 Å². The Morgan fingerprint density at radius 2 is 1.88 bits per heavy atom. The van der Waals surface area contributed by atoms with Crippen LogP contribution in [0.25, 0.3) is 5.69 Å². The molecule has 182 valence electrons. The standard InChI is InChI=1S/C20H15ClF4N2O7/c1-26-14(20(23,24)25)6-15(28)27(18(26)31)13-4-10(11(21)5-12(13)22)16(29)34-19(2-3-19)17(30)33-8-9-7-32-9/h4-6,9H,2-3,7-8H2,1H3. The van der Waals surface area contributed by atoms with Crippen molar-refractivity contribution < 1.29 is 41.4 Å². The summed E-state index contributed by atoms with van der Waals surface area (Å²) in [6.45, 7) is 0.427. The third kappa shape index (κ3) is 4.44. The van der Waals surface area contributed by atoms with E-state index in [0.717, 1.165) is 7.05 Å². The number of rotatable bonds is 6. The van der Waals surface area contributed by atoms with Crippen molar-refractivity contribution in [1.82, 2.24) is 9.13 Å². The van der Waals surface area contributed by atoms with Crippen LogP contribution in [0.4, 0.5) is 17.6 Å². The van der Waals surface area contributed by atoms with Gasteiger partial charge in [-0.05, 0) is 12.1 Å². The molecule has 1 aliphatic carbocycles. The van der Waals surface area contributed by atoms with Gasteiger partial charge in [0.05, 0.1) is 22.9 Å². The third-order valence-electron chi connectivity index (χ3n) is 5.27. The van der Waals surface area contributed by atoms with Crippen LogP contribution in [0, 0.1) is 5.82 Å². The summed E-state index contributed by atoms with van der Waals surface area (Å²) in [4.78, 5) is 49.8. The SMILES string of the molecule is Cn1c(C(F)(F)F)cc(=O)n(-c2cc(C(=O)OC3(C(=O)OCC4CO4)CC3)c(Cl)cc2F)c1=O. The Kier molecular flexibility index (Phi) is 5.80. The first kappa shape index (κ1) is 24.0. The van der Waals surface area contributed by atoms with Crippen LogP contribution in [-0.2, 0) is 32.2 Å². The van der Waals surface area contributed by atoms with Crippen molar-refractivity contribution in [3.8, 4) is 5.69 Å². The quantitative estimate of drug-likeness (QED) is 0.335. The van der Waals surface area contributed by atoms with Gasteiger partial charge in [-0.3, -0.25) is 9.36 Å². The van der Waals surface area contributed by atoms with Crippen LogP contribution >= 0.6 is 11.6 Å². The molecule has 0 spiro atoms. The lowest BCUT2D eigenvalue weighted by molar-refractivity contribution is -0.157. The van der Waals surface area contributed by atoms with Gasteiger partial charge in [-0.25, -0.2) is 23.3 Å². The fourth-order valence-corrected chi connectivity index (χ4v) is 3.37. The summed E-state index contributed by atoms with van der Waals surface area (Å²) < 4.78 is 69.3. The zero-order valence-electron chi connectivity index (χ0n) is 17.3. The highest BCUT2D eigenvalue weighted by Crippen LogP contribution is 2.42. The van der Waals surface area contributed by atoms with Gasteiger partial charge in [0.1, 0.15) is 24.2 Å². The largest absolute Gasteiger partial charge is 0.460 e. The van der Waals surface area contributed by atoms with E-state index in [1.54, 1.807) is 0 Å². The van der Waals surface area contributed by atoms with Gasteiger partial charge in [-0.15, -0.1) is 0 Å². The molecule has 1 unspecified atom stereocenters. The number of hydrogen-bond donors (Lipinski definition) is 0. The molecule has 9 nitrogen and oxygen atoms in total. The highest BCUT2D eigenvalue weighted by atomic mass is 35.5. The third-order valence-corrected chi connectivity index (χ3v) is 5.59. The number of halogens is 5. The molecule has 1 aromatic heterocycles. The Morgan fingerprint density at radius 1 is 1.24 bits per heavy atom. The summed E-state index contributed by atoms with van der Waals surface area (Å²) in [6, 6.07) is 1.40. The van der Waals surface area contributed by atoms with E-state index in [-0.39, 0.29) is 40.8 Å². The van der Waals surface area contributed by atoms with Gasteiger partial charge >= 0.3 is 23.8 Å². The number of ether oxygens (including phenoxy) is 3. The highest BCUT2D eigenvalue weighted by Gasteiger charge is 2.56. The first-order chi connectivity index (χ1) is 15.8. The summed E-state index contributed by atoms with van der Waals surface area (Å²) >= 11 is 5.93. The minimum Gasteiger partial charge on any atom is -0.460 e. The van der Waals surface area contributed by atoms with Gasteiger partial charge in [0.2, 0.25) is 5.60 Å². The van der Waals surface area contributed by atoms with Gasteiger partial charge in [-0.1, -0.05) is 11.6 Å². The fourth-order valence-electron chi connectivity index (χ4n) is 3.14. The lowest BCUT2D eigenvalue weighted by Crippen LogP contribution is -2.41. The number of nitrogens with zero attached hydrogens (tertiary/aromatic N) is 2. The maximum absolute atomic E-state index is 14.6. The van der Waals surface area contributed by atoms with Crippen molar-refractivity contribution in [1.29, 1.82) is 0 Å². The predicted octanol–water partition coefficient (Wildman–Crippen LogP) is 1.98. The maximum Gasteiger partial charge on any atom is 0.431 e. The highest BCUT2D eigenvalue weighted by molar-refractivity contribution is 6.33. The molecule has 1 aliphatic heterocycles. The zero-order valence-corrected chi connectivity index (χ0v) is 18.0. The van der Waals surface area contributed by atoms with Crippen LogP contribution < -0.4 is 11.2 Å².